The smallest absolute Gasteiger partial charge is 0.167 e. The Morgan fingerprint density at radius 3 is 1.56 bits per heavy atom. The fourth-order valence-corrected chi connectivity index (χ4v) is 10.0. The predicted octanol–water partition coefficient (Wildman–Crippen LogP) is 14.7. The zero-order valence-electron chi connectivity index (χ0n) is 33.4. The number of para-hydroxylation sites is 1. The van der Waals surface area contributed by atoms with E-state index in [2.05, 4.69) is 150 Å². The molecule has 4 heterocycles. The first-order chi connectivity index (χ1) is 30.7. The molecule has 12 rings (SSSR count). The minimum Gasteiger partial charge on any atom is -0.292 e. The van der Waals surface area contributed by atoms with E-state index in [1.165, 1.54) is 31.1 Å². The fraction of sp³-hybridized carbons (Fsp3) is 0. The Kier molecular flexibility index (Phi) is 8.61. The van der Waals surface area contributed by atoms with Crippen LogP contribution in [0.3, 0.4) is 0 Å². The van der Waals surface area contributed by atoms with Gasteiger partial charge in [0.05, 0.1) is 21.3 Å². The molecule has 8 aromatic carbocycles. The quantitative estimate of drug-likeness (QED) is 0.161. The van der Waals surface area contributed by atoms with Crippen LogP contribution in [0.15, 0.2) is 212 Å². The molecule has 290 valence electrons. The number of hydrogen-bond donors (Lipinski definition) is 0. The number of rotatable bonds is 7. The molecule has 0 saturated carbocycles. The van der Waals surface area contributed by atoms with Crippen LogP contribution in [0.4, 0.5) is 0 Å². The van der Waals surface area contributed by atoms with Crippen LogP contribution in [-0.4, -0.2) is 24.5 Å². The summed E-state index contributed by atoms with van der Waals surface area (Å²) >= 11 is 1.83. The molecule has 0 aliphatic carbocycles. The van der Waals surface area contributed by atoms with Gasteiger partial charge in [-0.05, 0) is 52.1 Å². The molecule has 0 bridgehead atoms. The van der Waals surface area contributed by atoms with Gasteiger partial charge in [0.2, 0.25) is 0 Å². The molecule has 0 spiro atoms. The highest BCUT2D eigenvalue weighted by Crippen LogP contribution is 2.45. The summed E-state index contributed by atoms with van der Waals surface area (Å²) in [7, 11) is 0. The second-order valence-corrected chi connectivity index (χ2v) is 16.5. The molecule has 0 atom stereocenters. The summed E-state index contributed by atoms with van der Waals surface area (Å²) in [6, 6.07) is 72.3. The monoisotopic (exact) mass is 809 g/mol. The molecule has 4 aromatic heterocycles. The van der Waals surface area contributed by atoms with Gasteiger partial charge in [-0.1, -0.05) is 182 Å². The van der Waals surface area contributed by atoms with Gasteiger partial charge in [0.1, 0.15) is 5.82 Å². The molecule has 6 heteroatoms. The molecule has 62 heavy (non-hydrogen) atoms. The molecular formula is C56H35N5S. The molecule has 0 aliphatic rings. The number of aromatic nitrogens is 5. The summed E-state index contributed by atoms with van der Waals surface area (Å²) in [5, 5.41) is 4.81. The second kappa shape index (κ2) is 14.9. The number of fused-ring (bicyclic) bond motifs is 7. The van der Waals surface area contributed by atoms with E-state index in [-0.39, 0.29) is 0 Å². The van der Waals surface area contributed by atoms with Crippen LogP contribution >= 0.6 is 11.3 Å². The van der Waals surface area contributed by atoms with Crippen molar-refractivity contribution in [2.45, 2.75) is 0 Å². The topological polar surface area (TPSA) is 56.5 Å². The maximum Gasteiger partial charge on any atom is 0.167 e. The van der Waals surface area contributed by atoms with E-state index in [1.807, 2.05) is 78.2 Å². The first-order valence-electron chi connectivity index (χ1n) is 20.7. The first kappa shape index (κ1) is 35.8. The van der Waals surface area contributed by atoms with Gasteiger partial charge in [-0.2, -0.15) is 0 Å². The van der Waals surface area contributed by atoms with Crippen LogP contribution in [0.5, 0.6) is 0 Å². The summed E-state index contributed by atoms with van der Waals surface area (Å²) in [5.41, 5.74) is 11.4. The van der Waals surface area contributed by atoms with E-state index in [4.69, 9.17) is 19.9 Å². The summed E-state index contributed by atoms with van der Waals surface area (Å²) < 4.78 is 4.80. The van der Waals surface area contributed by atoms with Crippen molar-refractivity contribution in [2.75, 3.05) is 0 Å². The molecule has 0 fully saturated rings. The van der Waals surface area contributed by atoms with Gasteiger partial charge in [0.25, 0.3) is 0 Å². The van der Waals surface area contributed by atoms with Gasteiger partial charge >= 0.3 is 0 Å². The third-order valence-corrected chi connectivity index (χ3v) is 12.9. The lowest BCUT2D eigenvalue weighted by atomic mass is 9.91. The number of thiophene rings is 1. The van der Waals surface area contributed by atoms with E-state index >= 15 is 0 Å². The van der Waals surface area contributed by atoms with Crippen molar-refractivity contribution in [3.8, 4) is 73.4 Å². The van der Waals surface area contributed by atoms with Crippen molar-refractivity contribution in [3.05, 3.63) is 212 Å². The van der Waals surface area contributed by atoms with E-state index in [0.29, 0.717) is 17.5 Å². The van der Waals surface area contributed by atoms with Gasteiger partial charge in [-0.15, -0.1) is 11.3 Å². The van der Waals surface area contributed by atoms with E-state index in [0.717, 1.165) is 66.7 Å². The summed E-state index contributed by atoms with van der Waals surface area (Å²) in [4.78, 5) is 21.2. The average Bonchev–Trinajstić information content (AvgIpc) is 3.91. The van der Waals surface area contributed by atoms with Gasteiger partial charge in [0, 0.05) is 49.1 Å². The zero-order chi connectivity index (χ0) is 41.0. The highest BCUT2D eigenvalue weighted by molar-refractivity contribution is 7.26. The predicted molar refractivity (Wildman–Crippen MR) is 257 cm³/mol. The minimum atomic E-state index is 0.542. The second-order valence-electron chi connectivity index (χ2n) is 15.4. The molecule has 0 aliphatic heterocycles. The summed E-state index contributed by atoms with van der Waals surface area (Å²) in [6.45, 7) is 0. The molecule has 5 nitrogen and oxygen atoms in total. The van der Waals surface area contributed by atoms with Crippen LogP contribution in [0.1, 0.15) is 0 Å². The molecular weight excluding hydrogens is 775 g/mol. The molecule has 0 N–H and O–H groups in total. The first-order valence-corrected chi connectivity index (χ1v) is 21.5. The number of benzene rings is 8. The van der Waals surface area contributed by atoms with Crippen molar-refractivity contribution >= 4 is 53.3 Å². The Morgan fingerprint density at radius 1 is 0.355 bits per heavy atom. The van der Waals surface area contributed by atoms with Crippen molar-refractivity contribution < 1.29 is 0 Å². The Labute approximate surface area is 361 Å². The van der Waals surface area contributed by atoms with E-state index < -0.39 is 0 Å². The lowest BCUT2D eigenvalue weighted by molar-refractivity contribution is 1.04. The van der Waals surface area contributed by atoms with Crippen LogP contribution in [0.2, 0.25) is 0 Å². The normalized spacial score (nSPS) is 11.5. The van der Waals surface area contributed by atoms with Crippen LogP contribution in [0, 0.1) is 0 Å². The van der Waals surface area contributed by atoms with Crippen molar-refractivity contribution in [3.63, 3.8) is 0 Å². The Morgan fingerprint density at radius 2 is 0.887 bits per heavy atom. The number of hydrogen-bond acceptors (Lipinski definition) is 5. The molecule has 0 amide bonds. The SMILES string of the molecule is c1ccc(-c2nc(-c3ccccc3)nc(-c3cc(-c4ccc(-c5ccccc5)c(-c5ccccc5)c4)cnc3-n3c4ccccc4c4ccc5c6ccccc6sc5c43)n2)cc1. The standard InChI is InChI=1S/C56H35N5S/c1-5-17-36(18-6-1)42-30-29-40(33-47(42)37-19-7-2-8-20-37)41-34-48(55-59-53(38-21-9-3-10-22-38)58-54(60-55)39-23-11-4-12-24-39)56(57-35-41)61-49-27-15-13-25-43(49)45-31-32-46-44-26-14-16-28-50(44)62-52(46)51(45)61/h1-35H. The third-order valence-electron chi connectivity index (χ3n) is 11.7. The van der Waals surface area contributed by atoms with Crippen LogP contribution in [0.25, 0.3) is 115 Å². The van der Waals surface area contributed by atoms with E-state index in [1.54, 1.807) is 0 Å². The lowest BCUT2D eigenvalue weighted by Crippen LogP contribution is -2.06. The largest absolute Gasteiger partial charge is 0.292 e. The number of pyridine rings is 1. The Balaban J connectivity index is 1.17. The summed E-state index contributed by atoms with van der Waals surface area (Å²) in [5.74, 6) is 2.48. The van der Waals surface area contributed by atoms with Crippen LogP contribution in [-0.2, 0) is 0 Å². The molecule has 0 saturated heterocycles. The highest BCUT2D eigenvalue weighted by atomic mass is 32.1. The Bertz CT molecular complexity index is 3560. The van der Waals surface area contributed by atoms with Gasteiger partial charge in [0.15, 0.2) is 17.5 Å². The Hall–Kier alpha value is -8.06. The van der Waals surface area contributed by atoms with E-state index in [9.17, 15) is 0 Å². The van der Waals surface area contributed by atoms with Crippen molar-refractivity contribution in [1.29, 1.82) is 0 Å². The van der Waals surface area contributed by atoms with Gasteiger partial charge in [-0.25, -0.2) is 19.9 Å². The molecule has 0 radical (unpaired) electrons. The van der Waals surface area contributed by atoms with Crippen molar-refractivity contribution in [1.82, 2.24) is 24.5 Å². The minimum absolute atomic E-state index is 0.542. The molecule has 12 aromatic rings. The zero-order valence-corrected chi connectivity index (χ0v) is 34.2. The average molecular weight is 810 g/mol. The maximum atomic E-state index is 5.49. The lowest BCUT2D eigenvalue weighted by Gasteiger charge is -2.17. The molecule has 0 unspecified atom stereocenters. The van der Waals surface area contributed by atoms with Gasteiger partial charge in [-0.3, -0.25) is 4.57 Å². The highest BCUT2D eigenvalue weighted by Gasteiger charge is 2.24. The maximum absolute atomic E-state index is 5.49. The third kappa shape index (κ3) is 6.08. The van der Waals surface area contributed by atoms with Crippen LogP contribution < -0.4 is 0 Å². The number of nitrogens with zero attached hydrogens (tertiary/aromatic N) is 5. The van der Waals surface area contributed by atoms with Gasteiger partial charge < -0.3 is 0 Å². The summed E-state index contributed by atoms with van der Waals surface area (Å²) in [6.07, 6.45) is 2.01. The fourth-order valence-electron chi connectivity index (χ4n) is 8.79. The van der Waals surface area contributed by atoms with Crippen molar-refractivity contribution in [2.24, 2.45) is 0 Å².